The number of amides is 1. The van der Waals surface area contributed by atoms with Crippen LogP contribution in [0.5, 0.6) is 0 Å². The third-order valence-electron chi connectivity index (χ3n) is 4.40. The van der Waals surface area contributed by atoms with Gasteiger partial charge in [-0.15, -0.1) is 0 Å². The lowest BCUT2D eigenvalue weighted by Crippen LogP contribution is -2.43. The van der Waals surface area contributed by atoms with Crippen LogP contribution in [-0.2, 0) is 11.8 Å². The van der Waals surface area contributed by atoms with Gasteiger partial charge < -0.3 is 15.4 Å². The van der Waals surface area contributed by atoms with E-state index in [0.717, 1.165) is 38.8 Å². The monoisotopic (exact) mass is 278 g/mol. The molecule has 6 heteroatoms. The molecule has 2 fully saturated rings. The summed E-state index contributed by atoms with van der Waals surface area (Å²) in [5.41, 5.74) is 0.646. The zero-order valence-corrected chi connectivity index (χ0v) is 11.9. The Labute approximate surface area is 118 Å². The van der Waals surface area contributed by atoms with Crippen LogP contribution in [0.3, 0.4) is 0 Å². The Balaban J connectivity index is 1.50. The highest BCUT2D eigenvalue weighted by Crippen LogP contribution is 2.36. The second kappa shape index (κ2) is 5.54. The number of nitrogens with zero attached hydrogens (tertiary/aromatic N) is 2. The highest BCUT2D eigenvalue weighted by atomic mass is 16.5. The van der Waals surface area contributed by atoms with Crippen LogP contribution in [0.4, 0.5) is 0 Å². The molecule has 2 N–H and O–H groups in total. The molecule has 6 nitrogen and oxygen atoms in total. The quantitative estimate of drug-likeness (QED) is 0.842. The fraction of sp³-hybridized carbons (Fsp3) is 0.714. The molecule has 0 unspecified atom stereocenters. The van der Waals surface area contributed by atoms with Crippen LogP contribution >= 0.6 is 0 Å². The second-order valence-electron chi connectivity index (χ2n) is 5.76. The number of piperidine rings is 1. The summed E-state index contributed by atoms with van der Waals surface area (Å²) >= 11 is 0. The van der Waals surface area contributed by atoms with Gasteiger partial charge >= 0.3 is 0 Å². The van der Waals surface area contributed by atoms with E-state index in [1.807, 2.05) is 0 Å². The second-order valence-corrected chi connectivity index (χ2v) is 5.76. The molecule has 2 aliphatic rings. The standard InChI is InChI=1S/C14H22N4O2/c1-18-12(3-7-17-18)13(19)16-10-11-2-4-14(20-11)5-8-15-9-6-14/h3,7,11,15H,2,4-6,8-10H2,1H3,(H,16,19)/t11-/m0/s1. The first-order valence-corrected chi connectivity index (χ1v) is 7.33. The van der Waals surface area contributed by atoms with Crippen LogP contribution < -0.4 is 10.6 Å². The minimum atomic E-state index is -0.0835. The molecule has 0 aromatic carbocycles. The van der Waals surface area contributed by atoms with Crippen molar-refractivity contribution in [1.82, 2.24) is 20.4 Å². The fourth-order valence-corrected chi connectivity index (χ4v) is 3.18. The van der Waals surface area contributed by atoms with Gasteiger partial charge in [0, 0.05) is 19.8 Å². The summed E-state index contributed by atoms with van der Waals surface area (Å²) in [5.74, 6) is -0.0835. The number of rotatable bonds is 3. The first-order valence-electron chi connectivity index (χ1n) is 7.33. The average molecular weight is 278 g/mol. The van der Waals surface area contributed by atoms with Crippen molar-refractivity contribution in [1.29, 1.82) is 0 Å². The number of aromatic nitrogens is 2. The maximum atomic E-state index is 12.0. The fourth-order valence-electron chi connectivity index (χ4n) is 3.18. The van der Waals surface area contributed by atoms with E-state index >= 15 is 0 Å². The van der Waals surface area contributed by atoms with Crippen molar-refractivity contribution in [2.45, 2.75) is 37.4 Å². The molecule has 2 aliphatic heterocycles. The first kappa shape index (κ1) is 13.6. The molecule has 0 bridgehead atoms. The molecular weight excluding hydrogens is 256 g/mol. The van der Waals surface area contributed by atoms with Crippen LogP contribution in [0.1, 0.15) is 36.2 Å². The molecule has 0 aliphatic carbocycles. The molecule has 1 amide bonds. The van der Waals surface area contributed by atoms with Crippen molar-refractivity contribution < 1.29 is 9.53 Å². The minimum Gasteiger partial charge on any atom is -0.370 e. The van der Waals surface area contributed by atoms with Gasteiger partial charge in [0.2, 0.25) is 0 Å². The van der Waals surface area contributed by atoms with Gasteiger partial charge in [-0.2, -0.15) is 5.10 Å². The Morgan fingerprint density at radius 2 is 2.35 bits per heavy atom. The van der Waals surface area contributed by atoms with E-state index in [-0.39, 0.29) is 17.6 Å². The molecule has 0 radical (unpaired) electrons. The number of nitrogens with one attached hydrogen (secondary N) is 2. The SMILES string of the molecule is Cn1nccc1C(=O)NC[C@@H]1CCC2(CCNCC2)O1. The molecule has 0 saturated carbocycles. The number of carbonyl (C=O) groups excluding carboxylic acids is 1. The lowest BCUT2D eigenvalue weighted by Gasteiger charge is -2.33. The summed E-state index contributed by atoms with van der Waals surface area (Å²) < 4.78 is 7.79. The van der Waals surface area contributed by atoms with Gasteiger partial charge in [-0.25, -0.2) is 0 Å². The molecule has 3 rings (SSSR count). The topological polar surface area (TPSA) is 68.2 Å². The van der Waals surface area contributed by atoms with Crippen molar-refractivity contribution in [2.24, 2.45) is 7.05 Å². The minimum absolute atomic E-state index is 0.0627. The van der Waals surface area contributed by atoms with Crippen molar-refractivity contribution >= 4 is 5.91 Å². The highest BCUT2D eigenvalue weighted by molar-refractivity contribution is 5.92. The third-order valence-corrected chi connectivity index (χ3v) is 4.40. The zero-order chi connectivity index (χ0) is 14.0. The van der Waals surface area contributed by atoms with Crippen molar-refractivity contribution in [2.75, 3.05) is 19.6 Å². The number of aryl methyl sites for hydroxylation is 1. The highest BCUT2D eigenvalue weighted by Gasteiger charge is 2.40. The van der Waals surface area contributed by atoms with Crippen LogP contribution in [0.25, 0.3) is 0 Å². The van der Waals surface area contributed by atoms with Crippen LogP contribution in [0.15, 0.2) is 12.3 Å². The lowest BCUT2D eigenvalue weighted by atomic mass is 9.89. The van der Waals surface area contributed by atoms with Gasteiger partial charge in [0.05, 0.1) is 11.7 Å². The van der Waals surface area contributed by atoms with E-state index in [1.165, 1.54) is 0 Å². The third kappa shape index (κ3) is 2.71. The van der Waals surface area contributed by atoms with Gasteiger partial charge in [-0.05, 0) is 44.8 Å². The van der Waals surface area contributed by atoms with E-state index in [4.69, 9.17) is 4.74 Å². The summed E-state index contributed by atoms with van der Waals surface area (Å²) in [7, 11) is 1.77. The smallest absolute Gasteiger partial charge is 0.269 e. The van der Waals surface area contributed by atoms with E-state index in [9.17, 15) is 4.79 Å². The summed E-state index contributed by atoms with van der Waals surface area (Å²) in [6, 6.07) is 1.72. The molecule has 2 saturated heterocycles. The number of hydrogen-bond donors (Lipinski definition) is 2. The Kier molecular flexibility index (Phi) is 3.76. The largest absolute Gasteiger partial charge is 0.370 e. The average Bonchev–Trinajstić information content (AvgIpc) is 3.04. The number of carbonyl (C=O) groups is 1. The Morgan fingerprint density at radius 3 is 3.05 bits per heavy atom. The maximum Gasteiger partial charge on any atom is 0.269 e. The normalized spacial score (nSPS) is 24.9. The summed E-state index contributed by atoms with van der Waals surface area (Å²) in [5, 5.41) is 10.3. The predicted molar refractivity (Wildman–Crippen MR) is 74.5 cm³/mol. The Morgan fingerprint density at radius 1 is 1.55 bits per heavy atom. The Bertz CT molecular complexity index is 479. The van der Waals surface area contributed by atoms with Crippen molar-refractivity contribution in [3.8, 4) is 0 Å². The maximum absolute atomic E-state index is 12.0. The van der Waals surface area contributed by atoms with Gasteiger partial charge in [0.25, 0.3) is 5.91 Å². The summed E-state index contributed by atoms with van der Waals surface area (Å²) in [4.78, 5) is 12.0. The molecule has 1 aromatic heterocycles. The molecule has 1 aromatic rings. The number of hydrogen-bond acceptors (Lipinski definition) is 4. The van der Waals surface area contributed by atoms with Gasteiger partial charge in [-0.1, -0.05) is 0 Å². The van der Waals surface area contributed by atoms with E-state index in [1.54, 1.807) is 24.0 Å². The molecule has 3 heterocycles. The van der Waals surface area contributed by atoms with Gasteiger partial charge in [-0.3, -0.25) is 9.48 Å². The van der Waals surface area contributed by atoms with Crippen molar-refractivity contribution in [3.63, 3.8) is 0 Å². The van der Waals surface area contributed by atoms with E-state index in [0.29, 0.717) is 12.2 Å². The zero-order valence-electron chi connectivity index (χ0n) is 11.9. The van der Waals surface area contributed by atoms with Gasteiger partial charge in [0.15, 0.2) is 0 Å². The molecule has 110 valence electrons. The lowest BCUT2D eigenvalue weighted by molar-refractivity contribution is -0.0576. The number of ether oxygens (including phenoxy) is 1. The van der Waals surface area contributed by atoms with Crippen LogP contribution in [-0.4, -0.2) is 47.0 Å². The molecule has 1 spiro atoms. The van der Waals surface area contributed by atoms with Crippen molar-refractivity contribution in [3.05, 3.63) is 18.0 Å². The van der Waals surface area contributed by atoms with E-state index < -0.39 is 0 Å². The first-order chi connectivity index (χ1) is 9.69. The molecule has 20 heavy (non-hydrogen) atoms. The predicted octanol–water partition coefficient (Wildman–Crippen LogP) is 0.451. The summed E-state index contributed by atoms with van der Waals surface area (Å²) in [6.07, 6.45) is 6.08. The van der Waals surface area contributed by atoms with Crippen LogP contribution in [0, 0.1) is 0 Å². The van der Waals surface area contributed by atoms with Crippen LogP contribution in [0.2, 0.25) is 0 Å². The molecule has 1 atom stereocenters. The Hall–Kier alpha value is -1.40. The molecular formula is C14H22N4O2. The summed E-state index contributed by atoms with van der Waals surface area (Å²) in [6.45, 7) is 2.65. The van der Waals surface area contributed by atoms with E-state index in [2.05, 4.69) is 15.7 Å². The van der Waals surface area contributed by atoms with Gasteiger partial charge in [0.1, 0.15) is 5.69 Å².